The van der Waals surface area contributed by atoms with Gasteiger partial charge in [0.05, 0.1) is 26.4 Å². The maximum Gasteiger partial charge on any atom is 0.305 e. The molecule has 0 spiro atoms. The van der Waals surface area contributed by atoms with Crippen molar-refractivity contribution >= 4 is 11.9 Å². The molecule has 1 aliphatic rings. The number of nitrogens with zero attached hydrogens (tertiary/aromatic N) is 1. The van der Waals surface area contributed by atoms with Crippen molar-refractivity contribution in [2.45, 2.75) is 31.9 Å². The van der Waals surface area contributed by atoms with Gasteiger partial charge in [0.25, 0.3) is 0 Å². The summed E-state index contributed by atoms with van der Waals surface area (Å²) in [6.07, 6.45) is 0.890. The maximum absolute atomic E-state index is 11.8. The summed E-state index contributed by atoms with van der Waals surface area (Å²) in [7, 11) is 1.36. The van der Waals surface area contributed by atoms with Gasteiger partial charge in [-0.25, -0.2) is 0 Å². The van der Waals surface area contributed by atoms with Gasteiger partial charge in [0.1, 0.15) is 0 Å². The minimum Gasteiger partial charge on any atom is -0.469 e. The molecule has 1 fully saturated rings. The number of hydrogen-bond acceptors (Lipinski definition) is 6. The average Bonchev–Trinajstić information content (AvgIpc) is 2.43. The summed E-state index contributed by atoms with van der Waals surface area (Å²) in [6.45, 7) is 4.73. The maximum atomic E-state index is 11.8. The molecule has 0 radical (unpaired) electrons. The van der Waals surface area contributed by atoms with Gasteiger partial charge in [0.2, 0.25) is 5.91 Å². The standard InChI is InChI=1S/C13H25N3O4/c1-10(14)11-8-16(6-7-20-11)9-12(17)15-5-3-4-13(18)19-2/h10-11H,3-9,14H2,1-2H3,(H,15,17). The molecule has 1 rings (SSSR count). The van der Waals surface area contributed by atoms with Crippen molar-refractivity contribution in [2.75, 3.05) is 39.9 Å². The number of nitrogens with one attached hydrogen (secondary N) is 1. The SMILES string of the molecule is COC(=O)CCCNC(=O)CN1CCOC(C(C)N)C1. The van der Waals surface area contributed by atoms with Crippen LogP contribution in [0, 0.1) is 0 Å². The monoisotopic (exact) mass is 287 g/mol. The first-order valence-electron chi connectivity index (χ1n) is 6.96. The highest BCUT2D eigenvalue weighted by Crippen LogP contribution is 2.07. The third kappa shape index (κ3) is 6.31. The minimum atomic E-state index is -0.257. The van der Waals surface area contributed by atoms with E-state index < -0.39 is 0 Å². The summed E-state index contributed by atoms with van der Waals surface area (Å²) in [4.78, 5) is 24.7. The summed E-state index contributed by atoms with van der Waals surface area (Å²) < 4.78 is 10.1. The van der Waals surface area contributed by atoms with Gasteiger partial charge in [-0.05, 0) is 13.3 Å². The van der Waals surface area contributed by atoms with E-state index >= 15 is 0 Å². The van der Waals surface area contributed by atoms with Crippen LogP contribution in [0.3, 0.4) is 0 Å². The van der Waals surface area contributed by atoms with Crippen LogP contribution < -0.4 is 11.1 Å². The van der Waals surface area contributed by atoms with Gasteiger partial charge >= 0.3 is 5.97 Å². The van der Waals surface area contributed by atoms with Crippen LogP contribution in [0.4, 0.5) is 0 Å². The molecule has 7 nitrogen and oxygen atoms in total. The zero-order chi connectivity index (χ0) is 15.0. The van der Waals surface area contributed by atoms with Crippen LogP contribution in [0.25, 0.3) is 0 Å². The van der Waals surface area contributed by atoms with Gasteiger partial charge < -0.3 is 20.5 Å². The Kier molecular flexibility index (Phi) is 7.50. The van der Waals surface area contributed by atoms with Crippen molar-refractivity contribution in [1.29, 1.82) is 0 Å². The number of hydrogen-bond donors (Lipinski definition) is 2. The molecule has 0 aliphatic carbocycles. The number of esters is 1. The number of ether oxygens (including phenoxy) is 2. The molecule has 0 aromatic carbocycles. The Balaban J connectivity index is 2.16. The number of amides is 1. The first-order chi connectivity index (χ1) is 9.52. The van der Waals surface area contributed by atoms with E-state index in [1.807, 2.05) is 11.8 Å². The van der Waals surface area contributed by atoms with Crippen LogP contribution in [0.5, 0.6) is 0 Å². The lowest BCUT2D eigenvalue weighted by Gasteiger charge is -2.34. The van der Waals surface area contributed by atoms with E-state index in [1.54, 1.807) is 0 Å². The average molecular weight is 287 g/mol. The predicted octanol–water partition coefficient (Wildman–Crippen LogP) is -0.896. The van der Waals surface area contributed by atoms with E-state index in [0.29, 0.717) is 39.1 Å². The second-order valence-corrected chi connectivity index (χ2v) is 5.03. The van der Waals surface area contributed by atoms with Gasteiger partial charge in [-0.15, -0.1) is 0 Å². The third-order valence-electron chi connectivity index (χ3n) is 3.24. The normalized spacial score (nSPS) is 21.2. The number of morpholine rings is 1. The van der Waals surface area contributed by atoms with Crippen LogP contribution in [0.2, 0.25) is 0 Å². The molecule has 0 saturated carbocycles. The molecule has 0 aromatic rings. The van der Waals surface area contributed by atoms with E-state index in [4.69, 9.17) is 10.5 Å². The number of carbonyl (C=O) groups is 2. The Labute approximate surface area is 119 Å². The minimum absolute atomic E-state index is 0.0177. The Morgan fingerprint density at radius 1 is 1.55 bits per heavy atom. The van der Waals surface area contributed by atoms with Crippen LogP contribution in [-0.2, 0) is 19.1 Å². The lowest BCUT2D eigenvalue weighted by atomic mass is 10.1. The largest absolute Gasteiger partial charge is 0.469 e. The zero-order valence-electron chi connectivity index (χ0n) is 12.3. The summed E-state index contributed by atoms with van der Waals surface area (Å²) in [5.74, 6) is -0.299. The molecule has 0 bridgehead atoms. The number of rotatable bonds is 7. The fourth-order valence-electron chi connectivity index (χ4n) is 2.01. The van der Waals surface area contributed by atoms with Crippen molar-refractivity contribution in [3.63, 3.8) is 0 Å². The quantitative estimate of drug-likeness (QED) is 0.466. The molecule has 1 aliphatic heterocycles. The first-order valence-corrected chi connectivity index (χ1v) is 6.96. The second-order valence-electron chi connectivity index (χ2n) is 5.03. The molecular formula is C13H25N3O4. The molecule has 116 valence electrons. The Morgan fingerprint density at radius 2 is 2.30 bits per heavy atom. The van der Waals surface area contributed by atoms with Crippen molar-refractivity contribution in [3.8, 4) is 0 Å². The van der Waals surface area contributed by atoms with Crippen LogP contribution in [0.1, 0.15) is 19.8 Å². The lowest BCUT2D eigenvalue weighted by Crippen LogP contribution is -2.51. The molecule has 1 amide bonds. The van der Waals surface area contributed by atoms with E-state index in [-0.39, 0.29) is 24.0 Å². The molecule has 7 heteroatoms. The molecule has 1 heterocycles. The summed E-state index contributed by atoms with van der Waals surface area (Å²) in [5.41, 5.74) is 5.80. The van der Waals surface area contributed by atoms with E-state index in [1.165, 1.54) is 7.11 Å². The summed E-state index contributed by atoms with van der Waals surface area (Å²) in [5, 5.41) is 2.79. The summed E-state index contributed by atoms with van der Waals surface area (Å²) in [6, 6.07) is -0.0408. The van der Waals surface area contributed by atoms with Crippen LogP contribution in [0.15, 0.2) is 0 Å². The fourth-order valence-corrected chi connectivity index (χ4v) is 2.01. The molecular weight excluding hydrogens is 262 g/mol. The highest BCUT2D eigenvalue weighted by atomic mass is 16.5. The van der Waals surface area contributed by atoms with Gasteiger partial charge in [0.15, 0.2) is 0 Å². The smallest absolute Gasteiger partial charge is 0.305 e. The zero-order valence-corrected chi connectivity index (χ0v) is 12.3. The van der Waals surface area contributed by atoms with E-state index in [0.717, 1.165) is 6.54 Å². The number of carbonyl (C=O) groups excluding carboxylic acids is 2. The Bertz CT molecular complexity index is 323. The van der Waals surface area contributed by atoms with Crippen molar-refractivity contribution in [2.24, 2.45) is 5.73 Å². The Hall–Kier alpha value is -1.18. The van der Waals surface area contributed by atoms with E-state index in [2.05, 4.69) is 10.1 Å². The topological polar surface area (TPSA) is 93.9 Å². The highest BCUT2D eigenvalue weighted by molar-refractivity contribution is 5.78. The molecule has 1 saturated heterocycles. The van der Waals surface area contributed by atoms with Crippen molar-refractivity contribution in [3.05, 3.63) is 0 Å². The first kappa shape index (κ1) is 16.9. The van der Waals surface area contributed by atoms with Gasteiger partial charge in [-0.3, -0.25) is 14.5 Å². The molecule has 3 N–H and O–H groups in total. The third-order valence-corrected chi connectivity index (χ3v) is 3.24. The van der Waals surface area contributed by atoms with Gasteiger partial charge in [0, 0.05) is 32.1 Å². The van der Waals surface area contributed by atoms with Crippen molar-refractivity contribution in [1.82, 2.24) is 10.2 Å². The number of methoxy groups -OCH3 is 1. The molecule has 2 atom stereocenters. The molecule has 0 aromatic heterocycles. The summed E-state index contributed by atoms with van der Waals surface area (Å²) >= 11 is 0. The van der Waals surface area contributed by atoms with E-state index in [9.17, 15) is 9.59 Å². The Morgan fingerprint density at radius 3 is 2.95 bits per heavy atom. The molecule has 20 heavy (non-hydrogen) atoms. The van der Waals surface area contributed by atoms with Gasteiger partial charge in [-0.2, -0.15) is 0 Å². The van der Waals surface area contributed by atoms with Gasteiger partial charge in [-0.1, -0.05) is 0 Å². The molecule has 2 unspecified atom stereocenters. The van der Waals surface area contributed by atoms with Crippen molar-refractivity contribution < 1.29 is 19.1 Å². The van der Waals surface area contributed by atoms with Crippen LogP contribution in [-0.4, -0.2) is 68.8 Å². The second kappa shape index (κ2) is 8.89. The lowest BCUT2D eigenvalue weighted by molar-refractivity contribution is -0.140. The number of nitrogens with two attached hydrogens (primary N) is 1. The fraction of sp³-hybridized carbons (Fsp3) is 0.846. The van der Waals surface area contributed by atoms with Crippen LogP contribution >= 0.6 is 0 Å². The highest BCUT2D eigenvalue weighted by Gasteiger charge is 2.24. The predicted molar refractivity (Wildman–Crippen MR) is 74.1 cm³/mol.